The van der Waals surface area contributed by atoms with Crippen LogP contribution in [0.25, 0.3) is 6.08 Å². The Hall–Kier alpha value is -5.02. The van der Waals surface area contributed by atoms with E-state index in [1.165, 1.54) is 12.2 Å². The minimum atomic E-state index is 0.506. The van der Waals surface area contributed by atoms with Crippen LogP contribution in [0.3, 0.4) is 0 Å². The summed E-state index contributed by atoms with van der Waals surface area (Å²) < 4.78 is 12.1. The summed E-state index contributed by atoms with van der Waals surface area (Å²) in [5, 5.41) is 0. The molecule has 0 bridgehead atoms. The van der Waals surface area contributed by atoms with Crippen molar-refractivity contribution in [2.45, 2.75) is 6.42 Å². The summed E-state index contributed by atoms with van der Waals surface area (Å²) in [7, 11) is 0. The summed E-state index contributed by atoms with van der Waals surface area (Å²) in [6.45, 7) is 0. The largest absolute Gasteiger partial charge is 0.457 e. The fourth-order valence-corrected chi connectivity index (χ4v) is 3.31. The molecule has 4 aromatic rings. The number of ether oxygens (including phenoxy) is 2. The van der Waals surface area contributed by atoms with E-state index < -0.39 is 0 Å². The standard InChI is InChI=1S/C29H20N2O4/c32-20-30-24-9-13-26(14-10-24)34-28-17-18-29(35-27-15-11-25(12-16-27)31-21-33)23(19-28)8-4-7-22-5-2-1-3-6-22/h1-7,9-19H,8H2/b7-4+. The van der Waals surface area contributed by atoms with Crippen molar-refractivity contribution in [2.75, 3.05) is 0 Å². The summed E-state index contributed by atoms with van der Waals surface area (Å²) >= 11 is 0. The molecule has 4 aromatic carbocycles. The lowest BCUT2D eigenvalue weighted by molar-refractivity contribution is 0.465. The van der Waals surface area contributed by atoms with E-state index >= 15 is 0 Å². The number of aliphatic imine (C=N–C) groups is 2. The quantitative estimate of drug-likeness (QED) is 0.192. The number of allylic oxidation sites excluding steroid dienone is 1. The highest BCUT2D eigenvalue weighted by atomic mass is 16.5. The lowest BCUT2D eigenvalue weighted by atomic mass is 10.1. The number of hydrogen-bond acceptors (Lipinski definition) is 6. The van der Waals surface area contributed by atoms with E-state index in [9.17, 15) is 9.59 Å². The molecule has 0 heterocycles. The molecule has 0 spiro atoms. The summed E-state index contributed by atoms with van der Waals surface area (Å²) in [5.74, 6) is 2.55. The van der Waals surface area contributed by atoms with Crippen molar-refractivity contribution in [3.05, 3.63) is 114 Å². The molecule has 0 aliphatic carbocycles. The van der Waals surface area contributed by atoms with Crippen molar-refractivity contribution in [2.24, 2.45) is 9.98 Å². The molecule has 0 atom stereocenters. The van der Waals surface area contributed by atoms with Crippen molar-refractivity contribution in [3.63, 3.8) is 0 Å². The Bertz CT molecular complexity index is 1400. The van der Waals surface area contributed by atoms with E-state index in [0.717, 1.165) is 11.1 Å². The van der Waals surface area contributed by atoms with Crippen LogP contribution in [0.1, 0.15) is 11.1 Å². The predicted molar refractivity (Wildman–Crippen MR) is 134 cm³/mol. The van der Waals surface area contributed by atoms with Crippen LogP contribution in [0, 0.1) is 0 Å². The van der Waals surface area contributed by atoms with Gasteiger partial charge in [-0.15, -0.1) is 0 Å². The molecule has 0 N–H and O–H groups in total. The Labute approximate surface area is 202 Å². The maximum absolute atomic E-state index is 10.4. The smallest absolute Gasteiger partial charge is 0.240 e. The molecule has 0 aliphatic rings. The van der Waals surface area contributed by atoms with Gasteiger partial charge >= 0.3 is 0 Å². The lowest BCUT2D eigenvalue weighted by Crippen LogP contribution is -1.93. The molecular weight excluding hydrogens is 440 g/mol. The van der Waals surface area contributed by atoms with Crippen LogP contribution < -0.4 is 9.47 Å². The van der Waals surface area contributed by atoms with E-state index in [1.807, 2.05) is 48.5 Å². The monoisotopic (exact) mass is 460 g/mol. The van der Waals surface area contributed by atoms with Gasteiger partial charge in [0.25, 0.3) is 0 Å². The molecule has 4 rings (SSSR count). The zero-order valence-electron chi connectivity index (χ0n) is 18.6. The minimum absolute atomic E-state index is 0.506. The van der Waals surface area contributed by atoms with Crippen LogP contribution in [0.5, 0.6) is 23.0 Å². The number of benzene rings is 4. The van der Waals surface area contributed by atoms with E-state index in [2.05, 4.69) is 22.1 Å². The summed E-state index contributed by atoms with van der Waals surface area (Å²) in [6.07, 6.45) is 7.77. The van der Waals surface area contributed by atoms with Crippen molar-refractivity contribution < 1.29 is 19.1 Å². The molecule has 0 radical (unpaired) electrons. The van der Waals surface area contributed by atoms with Gasteiger partial charge in [0.05, 0.1) is 11.4 Å². The highest BCUT2D eigenvalue weighted by Gasteiger charge is 2.08. The lowest BCUT2D eigenvalue weighted by Gasteiger charge is -2.13. The van der Waals surface area contributed by atoms with Gasteiger partial charge in [-0.2, -0.15) is 9.98 Å². The van der Waals surface area contributed by atoms with Gasteiger partial charge in [0.1, 0.15) is 23.0 Å². The molecule has 6 heteroatoms. The minimum Gasteiger partial charge on any atom is -0.457 e. The second-order valence-electron chi connectivity index (χ2n) is 7.38. The molecule has 0 saturated carbocycles. The number of rotatable bonds is 9. The van der Waals surface area contributed by atoms with Gasteiger partial charge in [-0.3, -0.25) is 0 Å². The molecule has 170 valence electrons. The fraction of sp³-hybridized carbons (Fsp3) is 0.0345. The third-order valence-electron chi connectivity index (χ3n) is 4.97. The Morgan fingerprint density at radius 2 is 1.23 bits per heavy atom. The van der Waals surface area contributed by atoms with Crippen molar-refractivity contribution in [1.29, 1.82) is 0 Å². The molecule has 0 saturated heterocycles. The molecule has 0 aliphatic heterocycles. The number of hydrogen-bond donors (Lipinski definition) is 0. The Balaban J connectivity index is 1.57. The molecule has 0 aromatic heterocycles. The normalized spacial score (nSPS) is 10.3. The number of carbonyl (C=O) groups excluding carboxylic acids is 2. The van der Waals surface area contributed by atoms with Crippen LogP contribution in [-0.4, -0.2) is 12.2 Å². The molecule has 0 fully saturated rings. The highest BCUT2D eigenvalue weighted by Crippen LogP contribution is 2.32. The maximum Gasteiger partial charge on any atom is 0.240 e. The van der Waals surface area contributed by atoms with Gasteiger partial charge in [-0.1, -0.05) is 42.5 Å². The van der Waals surface area contributed by atoms with Crippen LogP contribution in [-0.2, 0) is 16.0 Å². The Morgan fingerprint density at radius 3 is 1.83 bits per heavy atom. The highest BCUT2D eigenvalue weighted by molar-refractivity contribution is 5.54. The van der Waals surface area contributed by atoms with Crippen molar-refractivity contribution in [3.8, 4) is 23.0 Å². The van der Waals surface area contributed by atoms with Crippen molar-refractivity contribution in [1.82, 2.24) is 0 Å². The second-order valence-corrected chi connectivity index (χ2v) is 7.38. The van der Waals surface area contributed by atoms with E-state index in [0.29, 0.717) is 40.8 Å². The Kier molecular flexibility index (Phi) is 7.76. The topological polar surface area (TPSA) is 77.3 Å². The average molecular weight is 460 g/mol. The third-order valence-corrected chi connectivity index (χ3v) is 4.97. The van der Waals surface area contributed by atoms with Gasteiger partial charge in [0.15, 0.2) is 0 Å². The molecule has 6 nitrogen and oxygen atoms in total. The fourth-order valence-electron chi connectivity index (χ4n) is 3.31. The van der Waals surface area contributed by atoms with E-state index in [4.69, 9.17) is 9.47 Å². The van der Waals surface area contributed by atoms with Gasteiger partial charge in [-0.25, -0.2) is 9.59 Å². The van der Waals surface area contributed by atoms with Gasteiger partial charge < -0.3 is 9.47 Å². The predicted octanol–water partition coefficient (Wildman–Crippen LogP) is 7.46. The van der Waals surface area contributed by atoms with E-state index in [1.54, 1.807) is 48.5 Å². The van der Waals surface area contributed by atoms with Crippen LogP contribution in [0.4, 0.5) is 11.4 Å². The molecule has 0 amide bonds. The number of isocyanates is 2. The molecule has 35 heavy (non-hydrogen) atoms. The second kappa shape index (κ2) is 11.7. The first-order chi connectivity index (χ1) is 17.2. The SMILES string of the molecule is O=C=Nc1ccc(Oc2ccc(Oc3ccc(N=C=O)cc3)c(C/C=C/c3ccccc3)c2)cc1. The van der Waals surface area contributed by atoms with Crippen LogP contribution in [0.15, 0.2) is 113 Å². The van der Waals surface area contributed by atoms with Crippen LogP contribution in [0.2, 0.25) is 0 Å². The summed E-state index contributed by atoms with van der Waals surface area (Å²) in [4.78, 5) is 28.0. The van der Waals surface area contributed by atoms with Crippen molar-refractivity contribution >= 4 is 29.6 Å². The van der Waals surface area contributed by atoms with Crippen LogP contribution >= 0.6 is 0 Å². The first-order valence-electron chi connectivity index (χ1n) is 10.8. The third kappa shape index (κ3) is 6.73. The Morgan fingerprint density at radius 1 is 0.657 bits per heavy atom. The van der Waals surface area contributed by atoms with Gasteiger partial charge in [-0.05, 0) is 78.7 Å². The number of nitrogens with zero attached hydrogens (tertiary/aromatic N) is 2. The first kappa shape index (κ1) is 23.1. The molecule has 0 unspecified atom stereocenters. The molecular formula is C29H20N2O4. The zero-order valence-corrected chi connectivity index (χ0v) is 18.6. The summed E-state index contributed by atoms with van der Waals surface area (Å²) in [6, 6.07) is 29.3. The maximum atomic E-state index is 10.4. The van der Waals surface area contributed by atoms with E-state index in [-0.39, 0.29) is 0 Å². The average Bonchev–Trinajstić information content (AvgIpc) is 2.89. The summed E-state index contributed by atoms with van der Waals surface area (Å²) in [5.41, 5.74) is 3.04. The zero-order chi connectivity index (χ0) is 24.3. The van der Waals surface area contributed by atoms with Gasteiger partial charge in [0, 0.05) is 5.56 Å². The van der Waals surface area contributed by atoms with Gasteiger partial charge in [0.2, 0.25) is 12.2 Å². The first-order valence-corrected chi connectivity index (χ1v) is 10.8.